The second-order valence-electron chi connectivity index (χ2n) is 2.98. The molecule has 1 atom stereocenters. The third-order valence-electron chi connectivity index (χ3n) is 1.73. The van der Waals surface area contributed by atoms with Gasteiger partial charge in [-0.05, 0) is 23.8 Å². The summed E-state index contributed by atoms with van der Waals surface area (Å²) in [5.41, 5.74) is 11.7. The third kappa shape index (κ3) is 3.40. The lowest BCUT2D eigenvalue weighted by molar-refractivity contribution is -0.118. The van der Waals surface area contributed by atoms with Crippen LogP contribution in [0.5, 0.6) is 0 Å². The fraction of sp³-hybridized carbons (Fsp3) is 0.222. The molecule has 1 aromatic rings. The number of hydrogen-bond donors (Lipinski definition) is 2. The van der Waals surface area contributed by atoms with Gasteiger partial charge in [-0.3, -0.25) is 4.79 Å². The van der Waals surface area contributed by atoms with Crippen LogP contribution in [0.3, 0.4) is 0 Å². The lowest BCUT2D eigenvalue weighted by atomic mass is 10.1. The highest BCUT2D eigenvalue weighted by molar-refractivity contribution is 9.11. The van der Waals surface area contributed by atoms with Gasteiger partial charge in [-0.25, -0.2) is 0 Å². The average Bonchev–Trinajstić information content (AvgIpc) is 2.00. The van der Waals surface area contributed by atoms with Gasteiger partial charge in [0.05, 0.1) is 0 Å². The molecule has 3 nitrogen and oxygen atoms in total. The van der Waals surface area contributed by atoms with Crippen LogP contribution in [0.4, 0.5) is 0 Å². The fourth-order valence-corrected chi connectivity index (χ4v) is 2.45. The van der Waals surface area contributed by atoms with Crippen LogP contribution in [-0.4, -0.2) is 5.91 Å². The summed E-state index contributed by atoms with van der Waals surface area (Å²) in [5, 5.41) is 0. The molecule has 0 aromatic heterocycles. The lowest BCUT2D eigenvalue weighted by Crippen LogP contribution is -2.20. The molecule has 5 heteroatoms. The van der Waals surface area contributed by atoms with Crippen molar-refractivity contribution in [2.75, 3.05) is 0 Å². The summed E-state index contributed by atoms with van der Waals surface area (Å²) >= 11 is 6.69. The van der Waals surface area contributed by atoms with E-state index in [1.165, 1.54) is 0 Å². The van der Waals surface area contributed by atoms with Crippen LogP contribution in [0.15, 0.2) is 27.1 Å². The molecule has 0 aliphatic carbocycles. The zero-order valence-electron chi connectivity index (χ0n) is 7.34. The van der Waals surface area contributed by atoms with Crippen LogP contribution in [0.1, 0.15) is 18.0 Å². The maximum Gasteiger partial charge on any atom is 0.219 e. The van der Waals surface area contributed by atoms with Gasteiger partial charge in [0.1, 0.15) is 0 Å². The Balaban J connectivity index is 2.89. The van der Waals surface area contributed by atoms with Gasteiger partial charge in [0.2, 0.25) is 5.91 Å². The van der Waals surface area contributed by atoms with Crippen LogP contribution >= 0.6 is 31.9 Å². The largest absolute Gasteiger partial charge is 0.370 e. The molecule has 0 saturated carbocycles. The van der Waals surface area contributed by atoms with Crippen LogP contribution in [0.25, 0.3) is 0 Å². The van der Waals surface area contributed by atoms with Crippen molar-refractivity contribution in [3.8, 4) is 0 Å². The van der Waals surface area contributed by atoms with Gasteiger partial charge in [0, 0.05) is 21.4 Å². The Morgan fingerprint density at radius 3 is 2.21 bits per heavy atom. The number of amides is 1. The van der Waals surface area contributed by atoms with Crippen molar-refractivity contribution >= 4 is 37.8 Å². The molecule has 0 heterocycles. The molecule has 0 aliphatic heterocycles. The van der Waals surface area contributed by atoms with Crippen LogP contribution in [-0.2, 0) is 4.79 Å². The molecule has 0 saturated heterocycles. The maximum atomic E-state index is 10.7. The number of carbonyl (C=O) groups excluding carboxylic acids is 1. The Morgan fingerprint density at radius 1 is 1.29 bits per heavy atom. The van der Waals surface area contributed by atoms with E-state index < -0.39 is 5.91 Å². The third-order valence-corrected chi connectivity index (χ3v) is 2.65. The van der Waals surface area contributed by atoms with Gasteiger partial charge < -0.3 is 11.5 Å². The Bertz CT molecular complexity index is 334. The second-order valence-corrected chi connectivity index (χ2v) is 4.81. The van der Waals surface area contributed by atoms with Crippen LogP contribution < -0.4 is 11.5 Å². The molecule has 1 unspecified atom stereocenters. The van der Waals surface area contributed by atoms with Crippen molar-refractivity contribution in [1.82, 2.24) is 0 Å². The van der Waals surface area contributed by atoms with Crippen molar-refractivity contribution < 1.29 is 4.79 Å². The molecule has 0 fully saturated rings. The van der Waals surface area contributed by atoms with Crippen molar-refractivity contribution in [3.63, 3.8) is 0 Å². The minimum Gasteiger partial charge on any atom is -0.370 e. The smallest absolute Gasteiger partial charge is 0.219 e. The van der Waals surface area contributed by atoms with E-state index >= 15 is 0 Å². The van der Waals surface area contributed by atoms with Gasteiger partial charge in [0.25, 0.3) is 0 Å². The number of rotatable bonds is 3. The molecule has 4 N–H and O–H groups in total. The quantitative estimate of drug-likeness (QED) is 0.895. The Hall–Kier alpha value is -0.390. The normalized spacial score (nSPS) is 12.5. The Labute approximate surface area is 99.1 Å². The van der Waals surface area contributed by atoms with Crippen LogP contribution in [0, 0.1) is 0 Å². The van der Waals surface area contributed by atoms with E-state index in [0.29, 0.717) is 0 Å². The first-order valence-electron chi connectivity index (χ1n) is 3.99. The molecule has 0 aliphatic rings. The molecule has 14 heavy (non-hydrogen) atoms. The van der Waals surface area contributed by atoms with E-state index in [-0.39, 0.29) is 12.5 Å². The zero-order chi connectivity index (χ0) is 10.7. The standard InChI is InChI=1S/C9H10Br2N2O/c10-6-1-5(2-7(11)3-6)8(12)4-9(13)14/h1-3,8H,4,12H2,(H2,13,14). The molecule has 0 spiro atoms. The van der Waals surface area contributed by atoms with E-state index in [4.69, 9.17) is 11.5 Å². The molecular formula is C9H10Br2N2O. The Kier molecular flexibility index (Phi) is 4.10. The predicted molar refractivity (Wildman–Crippen MR) is 62.6 cm³/mol. The summed E-state index contributed by atoms with van der Waals surface area (Å²) in [6, 6.07) is 5.30. The van der Waals surface area contributed by atoms with E-state index in [1.54, 1.807) is 0 Å². The van der Waals surface area contributed by atoms with Gasteiger partial charge in [0.15, 0.2) is 0 Å². The molecule has 76 valence electrons. The van der Waals surface area contributed by atoms with E-state index in [1.807, 2.05) is 18.2 Å². The number of halogens is 2. The predicted octanol–water partition coefficient (Wildman–Crippen LogP) is 2.09. The maximum absolute atomic E-state index is 10.7. The van der Waals surface area contributed by atoms with Crippen molar-refractivity contribution in [1.29, 1.82) is 0 Å². The summed E-state index contributed by atoms with van der Waals surface area (Å²) in [7, 11) is 0. The summed E-state index contributed by atoms with van der Waals surface area (Å²) in [6.45, 7) is 0. The van der Waals surface area contributed by atoms with Gasteiger partial charge in [-0.2, -0.15) is 0 Å². The van der Waals surface area contributed by atoms with E-state index in [2.05, 4.69) is 31.9 Å². The minimum atomic E-state index is -0.395. The topological polar surface area (TPSA) is 69.1 Å². The SMILES string of the molecule is NC(=O)CC(N)c1cc(Br)cc(Br)c1. The monoisotopic (exact) mass is 320 g/mol. The Morgan fingerprint density at radius 2 is 1.79 bits per heavy atom. The molecular weight excluding hydrogens is 312 g/mol. The number of carbonyl (C=O) groups is 1. The molecule has 1 rings (SSSR count). The first-order valence-corrected chi connectivity index (χ1v) is 5.57. The number of benzene rings is 1. The van der Waals surface area contributed by atoms with Crippen molar-refractivity contribution in [3.05, 3.63) is 32.7 Å². The zero-order valence-corrected chi connectivity index (χ0v) is 10.5. The summed E-state index contributed by atoms with van der Waals surface area (Å²) < 4.78 is 1.84. The second kappa shape index (κ2) is 4.91. The number of primary amides is 1. The highest BCUT2D eigenvalue weighted by atomic mass is 79.9. The van der Waals surface area contributed by atoms with Crippen molar-refractivity contribution in [2.24, 2.45) is 11.5 Å². The summed E-state index contributed by atoms with van der Waals surface area (Å²) in [5.74, 6) is -0.395. The molecule has 0 radical (unpaired) electrons. The van der Waals surface area contributed by atoms with Crippen LogP contribution in [0.2, 0.25) is 0 Å². The highest BCUT2D eigenvalue weighted by Crippen LogP contribution is 2.24. The number of hydrogen-bond acceptors (Lipinski definition) is 2. The summed E-state index contributed by atoms with van der Waals surface area (Å²) in [4.78, 5) is 10.7. The first kappa shape index (κ1) is 11.7. The van der Waals surface area contributed by atoms with Gasteiger partial charge >= 0.3 is 0 Å². The average molecular weight is 322 g/mol. The first-order chi connectivity index (χ1) is 6.49. The minimum absolute atomic E-state index is 0.156. The van der Waals surface area contributed by atoms with E-state index in [9.17, 15) is 4.79 Å². The van der Waals surface area contributed by atoms with Gasteiger partial charge in [-0.1, -0.05) is 31.9 Å². The lowest BCUT2D eigenvalue weighted by Gasteiger charge is -2.10. The highest BCUT2D eigenvalue weighted by Gasteiger charge is 2.10. The van der Waals surface area contributed by atoms with Crippen molar-refractivity contribution in [2.45, 2.75) is 12.5 Å². The number of nitrogens with two attached hydrogens (primary N) is 2. The van der Waals surface area contributed by atoms with Gasteiger partial charge in [-0.15, -0.1) is 0 Å². The fourth-order valence-electron chi connectivity index (χ4n) is 1.12. The molecule has 0 bridgehead atoms. The molecule has 1 amide bonds. The molecule has 1 aromatic carbocycles. The summed E-state index contributed by atoms with van der Waals surface area (Å²) in [6.07, 6.45) is 0.156. The van der Waals surface area contributed by atoms with E-state index in [0.717, 1.165) is 14.5 Å².